The minimum atomic E-state index is -1.14. The standard InChI is InChI=1S/C44H60IN5O8/c1-6-29-23-44(29,41(53)46-19-17-26-15-16-26)49-39(51)32-21-30-24-50(32)40(52)36(27-12-9-8-10-13-27)48-42(54)57-25-43(3,4)18-11-14-28-20-31-33(58-30)22-34(56-7-2)47-37(31)35(45)38(28)55-5/h6,20,22,26-27,29-30,32,36H,1,7-19,21,23-25H2,2-5H3,(H,46,53)(H,48,54)(H,49,51)/t29-,30-,32+,36+,44-/m1/s1. The fourth-order valence-electron chi connectivity index (χ4n) is 9.16. The van der Waals surface area contributed by atoms with Crippen molar-refractivity contribution in [3.05, 3.63) is 33.9 Å². The normalized spacial score (nSPS) is 27.7. The second-order valence-corrected chi connectivity index (χ2v) is 18.8. The number of fused-ring (bicyclic) bond motifs is 3. The number of hydrogen-bond donors (Lipinski definition) is 3. The van der Waals surface area contributed by atoms with Crippen molar-refractivity contribution in [2.75, 3.05) is 33.4 Å². The summed E-state index contributed by atoms with van der Waals surface area (Å²) < 4.78 is 25.4. The van der Waals surface area contributed by atoms with Gasteiger partial charge in [0.15, 0.2) is 0 Å². The molecule has 58 heavy (non-hydrogen) atoms. The van der Waals surface area contributed by atoms with E-state index in [1.807, 2.05) is 6.92 Å². The molecule has 4 fully saturated rings. The molecular formula is C44H60IN5O8. The van der Waals surface area contributed by atoms with Gasteiger partial charge in [-0.05, 0) is 103 Å². The minimum absolute atomic E-state index is 0.0866. The summed E-state index contributed by atoms with van der Waals surface area (Å²) in [5.74, 6) is 0.921. The lowest BCUT2D eigenvalue weighted by atomic mass is 9.83. The van der Waals surface area contributed by atoms with Gasteiger partial charge in [-0.2, -0.15) is 0 Å². The van der Waals surface area contributed by atoms with Crippen LogP contribution in [0.15, 0.2) is 24.8 Å². The van der Waals surface area contributed by atoms with Crippen LogP contribution < -0.4 is 30.2 Å². The number of pyridine rings is 1. The summed E-state index contributed by atoms with van der Waals surface area (Å²) in [5, 5.41) is 9.91. The summed E-state index contributed by atoms with van der Waals surface area (Å²) in [4.78, 5) is 63.3. The first kappa shape index (κ1) is 42.3. The lowest BCUT2D eigenvalue weighted by Crippen LogP contribution is -2.59. The Balaban J connectivity index is 1.26. The summed E-state index contributed by atoms with van der Waals surface area (Å²) in [5.41, 5.74) is 0.178. The van der Waals surface area contributed by atoms with Crippen LogP contribution in [-0.2, 0) is 25.5 Å². The number of rotatable bonds is 11. The van der Waals surface area contributed by atoms with Crippen LogP contribution in [0.5, 0.6) is 17.4 Å². The molecular weight excluding hydrogens is 853 g/mol. The number of carbonyl (C=O) groups is 4. The summed E-state index contributed by atoms with van der Waals surface area (Å²) in [6.07, 6.45) is 11.1. The molecule has 316 valence electrons. The second-order valence-electron chi connectivity index (χ2n) is 17.8. The van der Waals surface area contributed by atoms with E-state index in [0.717, 1.165) is 71.6 Å². The maximum absolute atomic E-state index is 15.0. The highest BCUT2D eigenvalue weighted by atomic mass is 127. The minimum Gasteiger partial charge on any atom is -0.495 e. The first-order chi connectivity index (χ1) is 27.9. The Labute approximate surface area is 355 Å². The molecule has 3 saturated carbocycles. The van der Waals surface area contributed by atoms with E-state index in [-0.39, 0.29) is 48.6 Å². The second kappa shape index (κ2) is 17.8. The third-order valence-electron chi connectivity index (χ3n) is 12.8. The molecule has 1 aromatic carbocycles. The largest absolute Gasteiger partial charge is 0.495 e. The van der Waals surface area contributed by atoms with Crippen LogP contribution >= 0.6 is 22.6 Å². The van der Waals surface area contributed by atoms with E-state index in [1.54, 1.807) is 24.2 Å². The van der Waals surface area contributed by atoms with E-state index in [1.165, 1.54) is 12.8 Å². The van der Waals surface area contributed by atoms with Gasteiger partial charge in [0.1, 0.15) is 35.2 Å². The van der Waals surface area contributed by atoms with Crippen molar-refractivity contribution in [1.29, 1.82) is 0 Å². The molecule has 2 aliphatic heterocycles. The maximum Gasteiger partial charge on any atom is 0.407 e. The number of halogens is 1. The van der Waals surface area contributed by atoms with Gasteiger partial charge in [-0.3, -0.25) is 14.4 Å². The molecule has 1 aromatic heterocycles. The quantitative estimate of drug-likeness (QED) is 0.167. The Morgan fingerprint density at radius 2 is 1.91 bits per heavy atom. The number of alkyl carbamates (subject to hydrolysis) is 1. The topological polar surface area (TPSA) is 157 Å². The number of ether oxygens (including phenoxy) is 4. The Morgan fingerprint density at radius 3 is 2.60 bits per heavy atom. The van der Waals surface area contributed by atoms with Gasteiger partial charge in [-0.1, -0.05) is 52.0 Å². The highest BCUT2D eigenvalue weighted by Gasteiger charge is 2.61. The molecule has 13 nitrogen and oxygen atoms in total. The molecule has 5 aliphatic rings. The highest BCUT2D eigenvalue weighted by Crippen LogP contribution is 2.46. The average molecular weight is 914 g/mol. The van der Waals surface area contributed by atoms with Crippen LogP contribution in [0.3, 0.4) is 0 Å². The third kappa shape index (κ3) is 9.31. The van der Waals surface area contributed by atoms with Crippen molar-refractivity contribution in [2.24, 2.45) is 23.2 Å². The van der Waals surface area contributed by atoms with Gasteiger partial charge < -0.3 is 39.8 Å². The molecule has 0 unspecified atom stereocenters. The lowest BCUT2D eigenvalue weighted by molar-refractivity contribution is -0.142. The molecule has 0 radical (unpaired) electrons. The number of carbonyl (C=O) groups excluding carboxylic acids is 4. The van der Waals surface area contributed by atoms with E-state index in [4.69, 9.17) is 23.9 Å². The molecule has 14 heteroatoms. The van der Waals surface area contributed by atoms with Crippen molar-refractivity contribution in [3.63, 3.8) is 0 Å². The van der Waals surface area contributed by atoms with E-state index in [2.05, 4.69) is 65.0 Å². The van der Waals surface area contributed by atoms with Crippen molar-refractivity contribution in [2.45, 2.75) is 128 Å². The zero-order valence-corrected chi connectivity index (χ0v) is 36.6. The van der Waals surface area contributed by atoms with Crippen LogP contribution in [-0.4, -0.2) is 90.8 Å². The number of amides is 4. The zero-order chi connectivity index (χ0) is 41.2. The van der Waals surface area contributed by atoms with Gasteiger partial charge in [-0.15, -0.1) is 6.58 Å². The molecule has 2 aromatic rings. The average Bonchev–Trinajstić information content (AvgIpc) is 4.12. The summed E-state index contributed by atoms with van der Waals surface area (Å²) in [6, 6.07) is 1.97. The number of cyclic esters (lactones) is 1. The van der Waals surface area contributed by atoms with Crippen molar-refractivity contribution < 1.29 is 38.1 Å². The molecule has 7 rings (SSSR count). The number of aryl methyl sites for hydroxylation is 1. The van der Waals surface area contributed by atoms with Gasteiger partial charge in [0.05, 0.1) is 36.0 Å². The van der Waals surface area contributed by atoms with Crippen LogP contribution in [0.25, 0.3) is 10.9 Å². The third-order valence-corrected chi connectivity index (χ3v) is 13.8. The monoisotopic (exact) mass is 913 g/mol. The number of benzene rings is 1. The molecule has 3 N–H and O–H groups in total. The molecule has 5 atom stereocenters. The van der Waals surface area contributed by atoms with Gasteiger partial charge in [-0.25, -0.2) is 9.78 Å². The molecule has 4 bridgehead atoms. The van der Waals surface area contributed by atoms with Crippen LogP contribution in [0.4, 0.5) is 4.79 Å². The Hall–Kier alpha value is -3.82. The Morgan fingerprint density at radius 1 is 1.14 bits per heavy atom. The first-order valence-corrected chi connectivity index (χ1v) is 22.4. The Bertz CT molecular complexity index is 1900. The van der Waals surface area contributed by atoms with Crippen molar-refractivity contribution in [1.82, 2.24) is 25.8 Å². The predicted molar refractivity (Wildman–Crippen MR) is 228 cm³/mol. The fourth-order valence-corrected chi connectivity index (χ4v) is 10.1. The smallest absolute Gasteiger partial charge is 0.407 e. The first-order valence-electron chi connectivity index (χ1n) is 21.3. The Kier molecular flexibility index (Phi) is 13.0. The van der Waals surface area contributed by atoms with Gasteiger partial charge in [0.25, 0.3) is 0 Å². The molecule has 1 saturated heterocycles. The zero-order valence-electron chi connectivity index (χ0n) is 34.5. The van der Waals surface area contributed by atoms with Crippen LogP contribution in [0.2, 0.25) is 0 Å². The fraction of sp³-hybridized carbons (Fsp3) is 0.659. The highest BCUT2D eigenvalue weighted by molar-refractivity contribution is 14.1. The number of nitrogens with one attached hydrogen (secondary N) is 3. The molecule has 4 amide bonds. The molecule has 0 spiro atoms. The van der Waals surface area contributed by atoms with Gasteiger partial charge >= 0.3 is 6.09 Å². The SMILES string of the molecule is C=C[C@@H]1C[C@]1(NC(=O)[C@@H]1C[C@@H]2CN1C(=O)[C@H](C1CCCCC1)NC(=O)OCC(C)(C)CCCc1cc3c(cc(OCC)nc3c(I)c1OC)O2)C(=O)NCCC1CC1. The van der Waals surface area contributed by atoms with E-state index in [9.17, 15) is 19.2 Å². The lowest BCUT2D eigenvalue weighted by Gasteiger charge is -2.35. The number of aromatic nitrogens is 1. The maximum atomic E-state index is 15.0. The van der Waals surface area contributed by atoms with Crippen molar-refractivity contribution in [3.8, 4) is 17.4 Å². The van der Waals surface area contributed by atoms with Crippen LogP contribution in [0.1, 0.15) is 103 Å². The summed E-state index contributed by atoms with van der Waals surface area (Å²) in [7, 11) is 1.66. The van der Waals surface area contributed by atoms with Crippen molar-refractivity contribution >= 4 is 57.3 Å². The predicted octanol–water partition coefficient (Wildman–Crippen LogP) is 6.61. The summed E-state index contributed by atoms with van der Waals surface area (Å²) >= 11 is 2.27. The van der Waals surface area contributed by atoms with Crippen LogP contribution in [0, 0.1) is 26.7 Å². The van der Waals surface area contributed by atoms with Gasteiger partial charge in [0.2, 0.25) is 23.6 Å². The van der Waals surface area contributed by atoms with E-state index < -0.39 is 35.7 Å². The number of methoxy groups -OCH3 is 1. The molecule has 3 heterocycles. The van der Waals surface area contributed by atoms with E-state index >= 15 is 0 Å². The molecule has 3 aliphatic carbocycles. The van der Waals surface area contributed by atoms with E-state index in [0.29, 0.717) is 49.1 Å². The summed E-state index contributed by atoms with van der Waals surface area (Å²) in [6.45, 7) is 11.2. The van der Waals surface area contributed by atoms with Gasteiger partial charge in [0, 0.05) is 30.3 Å². The number of hydrogen-bond acceptors (Lipinski definition) is 9. The number of nitrogens with zero attached hydrogens (tertiary/aromatic N) is 2.